The minimum Gasteiger partial charge on any atom is -0.507 e. The Balaban J connectivity index is 1.42. The lowest BCUT2D eigenvalue weighted by Gasteiger charge is -2.60. The van der Waals surface area contributed by atoms with E-state index in [1.165, 1.54) is 51.5 Å². The summed E-state index contributed by atoms with van der Waals surface area (Å²) in [5.74, 6) is 3.11. The topological polar surface area (TPSA) is 49.3 Å². The Morgan fingerprint density at radius 1 is 0.967 bits per heavy atom. The van der Waals surface area contributed by atoms with Gasteiger partial charge < -0.3 is 10.4 Å². The number of carbonyl (C=O) groups is 1. The fourth-order valence-corrected chi connectivity index (χ4v) is 8.63. The van der Waals surface area contributed by atoms with Crippen LogP contribution in [0.15, 0.2) is 12.1 Å². The largest absolute Gasteiger partial charge is 0.507 e. The molecule has 3 aliphatic carbocycles. The smallest absolute Gasteiger partial charge is 0.166 e. The first-order chi connectivity index (χ1) is 14.3. The molecule has 0 radical (unpaired) electrons. The average molecular weight is 410 g/mol. The number of piperidine rings is 1. The zero-order valence-corrected chi connectivity index (χ0v) is 19.3. The zero-order chi connectivity index (χ0) is 21.3. The number of benzene rings is 1. The molecule has 3 heteroatoms. The Labute approximate surface area is 182 Å². The molecular formula is C27H39NO2. The number of phenolic OH excluding ortho intramolecular Hbond substituents is 1. The molecule has 5 rings (SSSR count). The van der Waals surface area contributed by atoms with E-state index < -0.39 is 0 Å². The van der Waals surface area contributed by atoms with Crippen molar-refractivity contribution >= 4 is 5.78 Å². The van der Waals surface area contributed by atoms with Crippen LogP contribution in [0, 0.1) is 48.3 Å². The van der Waals surface area contributed by atoms with Crippen molar-refractivity contribution in [3.63, 3.8) is 0 Å². The highest BCUT2D eigenvalue weighted by molar-refractivity contribution is 5.99. The number of hydrogen-bond acceptors (Lipinski definition) is 3. The number of aromatic hydroxyl groups is 1. The SMILES string of the molecule is Cc1cc(C(=O)C2CC[C@H]3[C@@H]4CCC5NCCC[C@]5(C)[C@@H]4CC[C@]23C)cc(C)c1O. The van der Waals surface area contributed by atoms with E-state index in [1.807, 2.05) is 26.0 Å². The summed E-state index contributed by atoms with van der Waals surface area (Å²) < 4.78 is 0. The van der Waals surface area contributed by atoms with Crippen molar-refractivity contribution in [1.29, 1.82) is 0 Å². The number of fused-ring (bicyclic) bond motifs is 5. The monoisotopic (exact) mass is 409 g/mol. The van der Waals surface area contributed by atoms with Gasteiger partial charge in [0.25, 0.3) is 0 Å². The van der Waals surface area contributed by atoms with Gasteiger partial charge in [0.15, 0.2) is 5.78 Å². The highest BCUT2D eigenvalue weighted by Crippen LogP contribution is 2.65. The summed E-state index contributed by atoms with van der Waals surface area (Å²) in [5.41, 5.74) is 3.04. The molecule has 30 heavy (non-hydrogen) atoms. The van der Waals surface area contributed by atoms with E-state index in [4.69, 9.17) is 0 Å². The lowest BCUT2D eigenvalue weighted by atomic mass is 9.47. The third-order valence-electron chi connectivity index (χ3n) is 10.2. The van der Waals surface area contributed by atoms with Crippen molar-refractivity contribution in [3.05, 3.63) is 28.8 Å². The second kappa shape index (κ2) is 7.08. The van der Waals surface area contributed by atoms with Gasteiger partial charge in [-0.1, -0.05) is 13.8 Å². The molecule has 1 aromatic rings. The second-order valence-corrected chi connectivity index (χ2v) is 11.6. The number of aryl methyl sites for hydroxylation is 2. The number of carbonyl (C=O) groups excluding carboxylic acids is 1. The first kappa shape index (κ1) is 20.5. The quantitative estimate of drug-likeness (QED) is 0.607. The van der Waals surface area contributed by atoms with Gasteiger partial charge in [-0.2, -0.15) is 0 Å². The van der Waals surface area contributed by atoms with E-state index in [-0.39, 0.29) is 11.3 Å². The van der Waals surface area contributed by atoms with Gasteiger partial charge in [0.2, 0.25) is 0 Å². The van der Waals surface area contributed by atoms with Crippen molar-refractivity contribution in [1.82, 2.24) is 5.32 Å². The van der Waals surface area contributed by atoms with Gasteiger partial charge in [0.05, 0.1) is 0 Å². The lowest BCUT2D eigenvalue weighted by molar-refractivity contribution is -0.0907. The molecule has 7 atom stereocenters. The summed E-state index contributed by atoms with van der Waals surface area (Å²) in [4.78, 5) is 13.7. The average Bonchev–Trinajstić information content (AvgIpc) is 3.07. The minimum absolute atomic E-state index is 0.141. The van der Waals surface area contributed by atoms with E-state index in [9.17, 15) is 9.90 Å². The summed E-state index contributed by atoms with van der Waals surface area (Å²) in [6.07, 6.45) is 10.1. The predicted molar refractivity (Wildman–Crippen MR) is 121 cm³/mol. The number of nitrogens with one attached hydrogen (secondary N) is 1. The highest BCUT2D eigenvalue weighted by atomic mass is 16.3. The maximum atomic E-state index is 13.7. The molecule has 2 N–H and O–H groups in total. The first-order valence-corrected chi connectivity index (χ1v) is 12.3. The van der Waals surface area contributed by atoms with Crippen molar-refractivity contribution < 1.29 is 9.90 Å². The summed E-state index contributed by atoms with van der Waals surface area (Å²) in [6.45, 7) is 10.0. The predicted octanol–water partition coefficient (Wildman–Crippen LogP) is 5.80. The van der Waals surface area contributed by atoms with E-state index in [2.05, 4.69) is 19.2 Å². The second-order valence-electron chi connectivity index (χ2n) is 11.6. The molecule has 3 nitrogen and oxygen atoms in total. The Morgan fingerprint density at radius 3 is 2.40 bits per heavy atom. The minimum atomic E-state index is 0.141. The molecule has 3 saturated carbocycles. The molecule has 1 aliphatic heterocycles. The highest BCUT2D eigenvalue weighted by Gasteiger charge is 2.60. The van der Waals surface area contributed by atoms with E-state index in [0.717, 1.165) is 34.9 Å². The fourth-order valence-electron chi connectivity index (χ4n) is 8.63. The zero-order valence-electron chi connectivity index (χ0n) is 19.3. The lowest BCUT2D eigenvalue weighted by Crippen LogP contribution is -2.59. The number of hydrogen-bond donors (Lipinski definition) is 2. The Bertz CT molecular complexity index is 839. The van der Waals surface area contributed by atoms with Crippen molar-refractivity contribution in [2.45, 2.75) is 85.1 Å². The maximum Gasteiger partial charge on any atom is 0.166 e. The number of phenols is 1. The molecule has 4 aliphatic rings. The van der Waals surface area contributed by atoms with Crippen LogP contribution in [0.1, 0.15) is 86.7 Å². The van der Waals surface area contributed by atoms with Crippen LogP contribution in [0.4, 0.5) is 0 Å². The molecular weight excluding hydrogens is 370 g/mol. The Hall–Kier alpha value is -1.35. The van der Waals surface area contributed by atoms with Gasteiger partial charge >= 0.3 is 0 Å². The van der Waals surface area contributed by atoms with Crippen LogP contribution in [0.3, 0.4) is 0 Å². The molecule has 0 aromatic heterocycles. The summed E-state index contributed by atoms with van der Waals surface area (Å²) in [5, 5.41) is 14.0. The number of ketones is 1. The van der Waals surface area contributed by atoms with Gasteiger partial charge in [0.1, 0.15) is 5.75 Å². The first-order valence-electron chi connectivity index (χ1n) is 12.3. The third kappa shape index (κ3) is 2.83. The van der Waals surface area contributed by atoms with Crippen molar-refractivity contribution in [3.8, 4) is 5.75 Å². The van der Waals surface area contributed by atoms with Crippen LogP contribution in [0.25, 0.3) is 0 Å². The van der Waals surface area contributed by atoms with E-state index in [0.29, 0.717) is 28.9 Å². The van der Waals surface area contributed by atoms with E-state index >= 15 is 0 Å². The molecule has 0 amide bonds. The van der Waals surface area contributed by atoms with Crippen molar-refractivity contribution in [2.75, 3.05) is 6.54 Å². The molecule has 0 spiro atoms. The molecule has 4 fully saturated rings. The van der Waals surface area contributed by atoms with Crippen LogP contribution < -0.4 is 5.32 Å². The summed E-state index contributed by atoms with van der Waals surface area (Å²) in [7, 11) is 0. The van der Waals surface area contributed by atoms with Crippen molar-refractivity contribution in [2.24, 2.45) is 34.5 Å². The Morgan fingerprint density at radius 2 is 1.67 bits per heavy atom. The summed E-state index contributed by atoms with van der Waals surface area (Å²) >= 11 is 0. The molecule has 164 valence electrons. The molecule has 1 saturated heterocycles. The molecule has 1 heterocycles. The standard InChI is InChI=1S/C27H39NO2/c1-16-14-18(15-17(2)24(16)29)25(30)22-8-7-20-19-6-9-23-27(4,11-5-13-28-23)21(19)10-12-26(20,22)3/h14-15,19-23,28-29H,5-13H2,1-4H3/t19-,20-,21+,22?,23?,26-,27+/m0/s1. The van der Waals surface area contributed by atoms with Gasteiger partial charge in [-0.15, -0.1) is 0 Å². The molecule has 1 aromatic carbocycles. The van der Waals surface area contributed by atoms with Gasteiger partial charge in [-0.05, 0) is 124 Å². The van der Waals surface area contributed by atoms with E-state index in [1.54, 1.807) is 0 Å². The van der Waals surface area contributed by atoms with Crippen LogP contribution in [0.5, 0.6) is 5.75 Å². The Kier molecular flexibility index (Phi) is 4.85. The summed E-state index contributed by atoms with van der Waals surface area (Å²) in [6, 6.07) is 4.53. The van der Waals surface area contributed by atoms with Gasteiger partial charge in [0, 0.05) is 17.5 Å². The van der Waals surface area contributed by atoms with Crippen LogP contribution in [0.2, 0.25) is 0 Å². The fraction of sp³-hybridized carbons (Fsp3) is 0.741. The van der Waals surface area contributed by atoms with Crippen LogP contribution >= 0.6 is 0 Å². The van der Waals surface area contributed by atoms with Crippen LogP contribution in [-0.4, -0.2) is 23.5 Å². The molecule has 0 bridgehead atoms. The number of Topliss-reactive ketones (excluding diaryl/α,β-unsaturated/α-hetero) is 1. The number of rotatable bonds is 2. The maximum absolute atomic E-state index is 13.7. The third-order valence-corrected chi connectivity index (χ3v) is 10.2. The normalized spacial score (nSPS) is 42.9. The molecule has 2 unspecified atom stereocenters. The van der Waals surface area contributed by atoms with Gasteiger partial charge in [-0.3, -0.25) is 4.79 Å². The van der Waals surface area contributed by atoms with Gasteiger partial charge in [-0.25, -0.2) is 0 Å². The van der Waals surface area contributed by atoms with Crippen LogP contribution in [-0.2, 0) is 0 Å².